The lowest BCUT2D eigenvalue weighted by Gasteiger charge is -2.19. The Balaban J connectivity index is 2.65. The SMILES string of the molecule is CC(C)C[C@H]1C(=O)N(C(C)C)CN1C. The van der Waals surface area contributed by atoms with Gasteiger partial charge in [-0.15, -0.1) is 0 Å². The largest absolute Gasteiger partial charge is 0.326 e. The van der Waals surface area contributed by atoms with Gasteiger partial charge in [0.1, 0.15) is 0 Å². The van der Waals surface area contributed by atoms with Gasteiger partial charge in [0.15, 0.2) is 0 Å². The molecule has 1 heterocycles. The molecule has 0 unspecified atom stereocenters. The molecule has 14 heavy (non-hydrogen) atoms. The first-order valence-corrected chi connectivity index (χ1v) is 5.44. The van der Waals surface area contributed by atoms with E-state index in [-0.39, 0.29) is 6.04 Å². The average molecular weight is 198 g/mol. The Morgan fingerprint density at radius 2 is 1.93 bits per heavy atom. The molecule has 1 saturated heterocycles. The Kier molecular flexibility index (Phi) is 3.53. The summed E-state index contributed by atoms with van der Waals surface area (Å²) in [7, 11) is 2.04. The number of carbonyl (C=O) groups excluding carboxylic acids is 1. The van der Waals surface area contributed by atoms with E-state index in [0.29, 0.717) is 17.9 Å². The van der Waals surface area contributed by atoms with Crippen LogP contribution in [0.4, 0.5) is 0 Å². The minimum absolute atomic E-state index is 0.109. The maximum atomic E-state index is 12.0. The summed E-state index contributed by atoms with van der Waals surface area (Å²) in [4.78, 5) is 16.1. The molecule has 0 saturated carbocycles. The van der Waals surface area contributed by atoms with Gasteiger partial charge in [-0.25, -0.2) is 0 Å². The molecule has 1 amide bonds. The molecule has 0 radical (unpaired) electrons. The van der Waals surface area contributed by atoms with Crippen LogP contribution in [0.15, 0.2) is 0 Å². The number of amides is 1. The highest BCUT2D eigenvalue weighted by Gasteiger charge is 2.37. The summed E-state index contributed by atoms with van der Waals surface area (Å²) in [5.41, 5.74) is 0. The summed E-state index contributed by atoms with van der Waals surface area (Å²) < 4.78 is 0. The van der Waals surface area contributed by atoms with Crippen LogP contribution < -0.4 is 0 Å². The molecule has 0 aliphatic carbocycles. The third kappa shape index (κ3) is 2.27. The monoisotopic (exact) mass is 198 g/mol. The van der Waals surface area contributed by atoms with Crippen molar-refractivity contribution in [2.24, 2.45) is 5.92 Å². The Hall–Kier alpha value is -0.570. The maximum Gasteiger partial charge on any atom is 0.241 e. The van der Waals surface area contributed by atoms with E-state index in [1.54, 1.807) is 0 Å². The van der Waals surface area contributed by atoms with Gasteiger partial charge in [0.25, 0.3) is 0 Å². The van der Waals surface area contributed by atoms with Crippen LogP contribution in [0.1, 0.15) is 34.1 Å². The topological polar surface area (TPSA) is 23.6 Å². The van der Waals surface area contributed by atoms with Crippen LogP contribution in [0.5, 0.6) is 0 Å². The minimum atomic E-state index is 0.109. The van der Waals surface area contributed by atoms with Crippen molar-refractivity contribution in [2.75, 3.05) is 13.7 Å². The zero-order chi connectivity index (χ0) is 10.9. The fourth-order valence-electron chi connectivity index (χ4n) is 1.93. The van der Waals surface area contributed by atoms with Gasteiger partial charge in [0.05, 0.1) is 12.7 Å². The first-order valence-electron chi connectivity index (χ1n) is 5.44. The van der Waals surface area contributed by atoms with Crippen molar-refractivity contribution >= 4 is 5.91 Å². The second kappa shape index (κ2) is 4.30. The van der Waals surface area contributed by atoms with Crippen LogP contribution in [-0.2, 0) is 4.79 Å². The first-order chi connectivity index (χ1) is 6.43. The highest BCUT2D eigenvalue weighted by molar-refractivity contribution is 5.83. The molecule has 0 aromatic rings. The van der Waals surface area contributed by atoms with Crippen molar-refractivity contribution < 1.29 is 4.79 Å². The number of hydrogen-bond acceptors (Lipinski definition) is 2. The summed E-state index contributed by atoms with van der Waals surface area (Å²) in [6, 6.07) is 0.430. The van der Waals surface area contributed by atoms with Gasteiger partial charge in [0, 0.05) is 6.04 Å². The van der Waals surface area contributed by atoms with E-state index in [9.17, 15) is 4.79 Å². The Bertz CT molecular complexity index is 213. The molecule has 3 heteroatoms. The summed E-state index contributed by atoms with van der Waals surface area (Å²) in [5.74, 6) is 0.884. The van der Waals surface area contributed by atoms with Crippen molar-refractivity contribution in [1.29, 1.82) is 0 Å². The lowest BCUT2D eigenvalue weighted by atomic mass is 10.0. The Morgan fingerprint density at radius 1 is 1.36 bits per heavy atom. The van der Waals surface area contributed by atoms with E-state index in [0.717, 1.165) is 13.1 Å². The zero-order valence-corrected chi connectivity index (χ0v) is 9.95. The van der Waals surface area contributed by atoms with Crippen molar-refractivity contribution in [2.45, 2.75) is 46.2 Å². The van der Waals surface area contributed by atoms with Gasteiger partial charge in [-0.05, 0) is 33.2 Å². The van der Waals surface area contributed by atoms with E-state index in [1.807, 2.05) is 11.9 Å². The lowest BCUT2D eigenvalue weighted by molar-refractivity contribution is -0.130. The Morgan fingerprint density at radius 3 is 2.29 bits per heavy atom. The standard InChI is InChI=1S/C11H22N2O/c1-8(2)6-10-11(14)13(9(3)4)7-12(10)5/h8-10H,6-7H2,1-5H3/t10-/m0/s1. The summed E-state index contributed by atoms with van der Waals surface area (Å²) >= 11 is 0. The van der Waals surface area contributed by atoms with Crippen LogP contribution in [-0.4, -0.2) is 41.5 Å². The molecule has 1 aliphatic rings. The minimum Gasteiger partial charge on any atom is -0.326 e. The van der Waals surface area contributed by atoms with Crippen molar-refractivity contribution in [3.63, 3.8) is 0 Å². The first kappa shape index (κ1) is 11.5. The molecule has 0 aromatic heterocycles. The van der Waals surface area contributed by atoms with Gasteiger partial charge >= 0.3 is 0 Å². The van der Waals surface area contributed by atoms with Gasteiger partial charge in [-0.3, -0.25) is 9.69 Å². The number of nitrogens with zero attached hydrogens (tertiary/aromatic N) is 2. The van der Waals surface area contributed by atoms with Crippen LogP contribution in [0, 0.1) is 5.92 Å². The average Bonchev–Trinajstić information content (AvgIpc) is 2.31. The molecule has 1 rings (SSSR count). The molecule has 0 aromatic carbocycles. The second-order valence-corrected chi connectivity index (χ2v) is 4.95. The molecule has 0 spiro atoms. The summed E-state index contributed by atoms with van der Waals surface area (Å²) in [6.45, 7) is 9.26. The van der Waals surface area contributed by atoms with E-state index in [1.165, 1.54) is 0 Å². The molecule has 0 N–H and O–H groups in total. The number of carbonyl (C=O) groups is 1. The van der Waals surface area contributed by atoms with Crippen LogP contribution >= 0.6 is 0 Å². The fraction of sp³-hybridized carbons (Fsp3) is 0.909. The van der Waals surface area contributed by atoms with E-state index >= 15 is 0 Å². The smallest absolute Gasteiger partial charge is 0.241 e. The van der Waals surface area contributed by atoms with Gasteiger partial charge < -0.3 is 4.90 Å². The molecular weight excluding hydrogens is 176 g/mol. The van der Waals surface area contributed by atoms with Crippen LogP contribution in [0.2, 0.25) is 0 Å². The predicted octanol–water partition coefficient (Wildman–Crippen LogP) is 1.54. The van der Waals surface area contributed by atoms with Gasteiger partial charge in [-0.1, -0.05) is 13.8 Å². The summed E-state index contributed by atoms with van der Waals surface area (Å²) in [5, 5.41) is 0. The molecule has 0 bridgehead atoms. The van der Waals surface area contributed by atoms with Crippen molar-refractivity contribution in [3.8, 4) is 0 Å². The van der Waals surface area contributed by atoms with Crippen LogP contribution in [0.25, 0.3) is 0 Å². The van der Waals surface area contributed by atoms with E-state index in [4.69, 9.17) is 0 Å². The zero-order valence-electron chi connectivity index (χ0n) is 9.95. The van der Waals surface area contributed by atoms with Crippen molar-refractivity contribution in [3.05, 3.63) is 0 Å². The maximum absolute atomic E-state index is 12.0. The fourth-order valence-corrected chi connectivity index (χ4v) is 1.93. The lowest BCUT2D eigenvalue weighted by Crippen LogP contribution is -2.35. The molecule has 1 aliphatic heterocycles. The third-order valence-electron chi connectivity index (χ3n) is 2.79. The van der Waals surface area contributed by atoms with Crippen LogP contribution in [0.3, 0.4) is 0 Å². The molecular formula is C11H22N2O. The van der Waals surface area contributed by atoms with Crippen molar-refractivity contribution in [1.82, 2.24) is 9.80 Å². The number of likely N-dealkylation sites (N-methyl/N-ethyl adjacent to an activating group) is 1. The third-order valence-corrected chi connectivity index (χ3v) is 2.79. The molecule has 3 nitrogen and oxygen atoms in total. The summed E-state index contributed by atoms with van der Waals surface area (Å²) in [6.07, 6.45) is 0.971. The predicted molar refractivity (Wildman–Crippen MR) is 57.9 cm³/mol. The molecule has 82 valence electrons. The van der Waals surface area contributed by atoms with Gasteiger partial charge in [-0.2, -0.15) is 0 Å². The molecule has 1 fully saturated rings. The van der Waals surface area contributed by atoms with E-state index in [2.05, 4.69) is 32.6 Å². The number of rotatable bonds is 3. The Labute approximate surface area is 87.1 Å². The number of hydrogen-bond donors (Lipinski definition) is 0. The second-order valence-electron chi connectivity index (χ2n) is 4.95. The highest BCUT2D eigenvalue weighted by atomic mass is 16.2. The quantitative estimate of drug-likeness (QED) is 0.687. The van der Waals surface area contributed by atoms with E-state index < -0.39 is 0 Å². The van der Waals surface area contributed by atoms with Gasteiger partial charge in [0.2, 0.25) is 5.91 Å². The normalized spacial score (nSPS) is 24.4. The highest BCUT2D eigenvalue weighted by Crippen LogP contribution is 2.21. The molecule has 1 atom stereocenters.